The molecule has 3 aromatic heterocycles. The minimum absolute atomic E-state index is 0.0259. The van der Waals surface area contributed by atoms with E-state index in [1.807, 2.05) is 4.90 Å². The van der Waals surface area contributed by atoms with Crippen LogP contribution in [-0.4, -0.2) is 56.4 Å². The van der Waals surface area contributed by atoms with Gasteiger partial charge in [0.2, 0.25) is 0 Å². The third-order valence-corrected chi connectivity index (χ3v) is 8.51. The summed E-state index contributed by atoms with van der Waals surface area (Å²) < 4.78 is 24.0. The normalized spacial score (nSPS) is 19.6. The highest BCUT2D eigenvalue weighted by Crippen LogP contribution is 2.58. The summed E-state index contributed by atoms with van der Waals surface area (Å²) in [4.78, 5) is 63.7. The number of halogens is 1. The Morgan fingerprint density at radius 3 is 2.55 bits per heavy atom. The van der Waals surface area contributed by atoms with Crippen LogP contribution in [0.1, 0.15) is 31.7 Å². The van der Waals surface area contributed by atoms with Gasteiger partial charge >= 0.3 is 11.4 Å². The van der Waals surface area contributed by atoms with E-state index in [-0.39, 0.29) is 68.7 Å². The molecule has 4 heterocycles. The third kappa shape index (κ3) is 3.51. The Morgan fingerprint density at radius 2 is 1.90 bits per heavy atom. The number of ether oxygens (including phenoxy) is 1. The molecule has 4 aromatic rings. The second-order valence-corrected chi connectivity index (χ2v) is 10.9. The molecule has 1 aliphatic heterocycles. The number of aromatic nitrogens is 5. The molecule has 13 nitrogen and oxygen atoms in total. The highest BCUT2D eigenvalue weighted by atomic mass is 19.1. The van der Waals surface area contributed by atoms with Gasteiger partial charge in [-0.3, -0.25) is 29.1 Å². The van der Waals surface area contributed by atoms with Gasteiger partial charge in [0.15, 0.2) is 11.6 Å². The van der Waals surface area contributed by atoms with Gasteiger partial charge in [-0.05, 0) is 37.2 Å². The molecule has 0 radical (unpaired) electrons. The summed E-state index contributed by atoms with van der Waals surface area (Å²) in [5, 5.41) is 12.8. The van der Waals surface area contributed by atoms with Crippen molar-refractivity contribution in [1.29, 1.82) is 0 Å². The molecule has 0 amide bonds. The number of pyridine rings is 1. The van der Waals surface area contributed by atoms with Gasteiger partial charge in [0.1, 0.15) is 22.2 Å². The van der Waals surface area contributed by atoms with Crippen LogP contribution in [-0.2, 0) is 0 Å². The number of aliphatic hydroxyl groups excluding tert-OH is 1. The molecule has 0 bridgehead atoms. The van der Waals surface area contributed by atoms with E-state index in [0.717, 1.165) is 12.8 Å². The summed E-state index contributed by atoms with van der Waals surface area (Å²) in [6.45, 7) is 0.798. The molecule has 3 aliphatic rings. The molecule has 40 heavy (non-hydrogen) atoms. The maximum absolute atomic E-state index is 16.8. The quantitative estimate of drug-likeness (QED) is 0.234. The molecule has 1 saturated heterocycles. The van der Waals surface area contributed by atoms with Gasteiger partial charge in [0.25, 0.3) is 11.1 Å². The van der Waals surface area contributed by atoms with Gasteiger partial charge < -0.3 is 20.1 Å². The summed E-state index contributed by atoms with van der Waals surface area (Å²) in [6.07, 6.45) is 4.56. The first-order valence-electron chi connectivity index (χ1n) is 13.1. The minimum Gasteiger partial charge on any atom is -0.492 e. The van der Waals surface area contributed by atoms with Crippen LogP contribution in [0, 0.1) is 17.2 Å². The molecular formula is C26H26FN7O6. The van der Waals surface area contributed by atoms with Crippen LogP contribution in [0.25, 0.3) is 21.9 Å². The van der Waals surface area contributed by atoms with E-state index >= 15 is 4.39 Å². The standard InChI is InChI=1S/C26H26FN7O6/c1-40-20-18-15(23(37)32-25(39)34(18)12-2-3-12)17(16(27)19(20)33-8-11(9-35)26(10-33)5-6-26)29-13-4-7-28-21-14(13)22(36)31-24(38)30-21/h4,7,11-12,35H,2-3,5-6,8-10H2,1H3,(H,32,37,39)(H3,28,29,30,31,36,38). The smallest absolute Gasteiger partial charge is 0.329 e. The molecule has 208 valence electrons. The number of nitrogens with zero attached hydrogens (tertiary/aromatic N) is 3. The molecule has 7 rings (SSSR count). The average Bonchev–Trinajstić information content (AvgIpc) is 3.83. The molecular weight excluding hydrogens is 525 g/mol. The second kappa shape index (κ2) is 8.52. The maximum atomic E-state index is 16.8. The molecule has 2 saturated carbocycles. The Balaban J connectivity index is 1.54. The lowest BCUT2D eigenvalue weighted by molar-refractivity contribution is 0.197. The van der Waals surface area contributed by atoms with Crippen molar-refractivity contribution in [3.05, 3.63) is 59.8 Å². The summed E-state index contributed by atoms with van der Waals surface area (Å²) in [7, 11) is 1.37. The van der Waals surface area contributed by atoms with Gasteiger partial charge in [-0.1, -0.05) is 0 Å². The zero-order valence-electron chi connectivity index (χ0n) is 21.5. The fraction of sp³-hybridized carbons (Fsp3) is 0.423. The first-order valence-corrected chi connectivity index (χ1v) is 13.1. The Labute approximate surface area is 223 Å². The second-order valence-electron chi connectivity index (χ2n) is 10.9. The van der Waals surface area contributed by atoms with Crippen molar-refractivity contribution in [2.24, 2.45) is 11.3 Å². The number of hydrogen-bond acceptors (Lipinski definition) is 9. The van der Waals surface area contributed by atoms with Crippen molar-refractivity contribution in [1.82, 2.24) is 24.5 Å². The molecule has 1 aromatic carbocycles. The molecule has 5 N–H and O–H groups in total. The zero-order chi connectivity index (χ0) is 27.9. The van der Waals surface area contributed by atoms with Crippen molar-refractivity contribution < 1.29 is 14.2 Å². The molecule has 1 unspecified atom stereocenters. The number of fused-ring (bicyclic) bond motifs is 2. The molecule has 3 fully saturated rings. The predicted molar refractivity (Wildman–Crippen MR) is 144 cm³/mol. The van der Waals surface area contributed by atoms with Crippen molar-refractivity contribution in [3.8, 4) is 5.75 Å². The number of methoxy groups -OCH3 is 1. The molecule has 14 heteroatoms. The minimum atomic E-state index is -0.822. The van der Waals surface area contributed by atoms with Crippen molar-refractivity contribution in [2.45, 2.75) is 31.7 Å². The van der Waals surface area contributed by atoms with E-state index in [0.29, 0.717) is 25.9 Å². The van der Waals surface area contributed by atoms with Crippen LogP contribution in [0.15, 0.2) is 31.4 Å². The number of nitrogens with one attached hydrogen (secondary N) is 4. The van der Waals surface area contributed by atoms with E-state index in [1.54, 1.807) is 0 Å². The number of rotatable bonds is 6. The Bertz CT molecular complexity index is 1950. The van der Waals surface area contributed by atoms with E-state index < -0.39 is 28.3 Å². The lowest BCUT2D eigenvalue weighted by Gasteiger charge is -2.26. The first kappa shape index (κ1) is 24.6. The van der Waals surface area contributed by atoms with Crippen LogP contribution in [0.3, 0.4) is 0 Å². The van der Waals surface area contributed by atoms with Gasteiger partial charge in [-0.2, -0.15) is 0 Å². The fourth-order valence-corrected chi connectivity index (χ4v) is 6.23. The number of anilines is 3. The number of hydrogen-bond donors (Lipinski definition) is 5. The summed E-state index contributed by atoms with van der Waals surface area (Å²) in [6, 6.07) is 1.23. The maximum Gasteiger partial charge on any atom is 0.329 e. The number of aromatic amines is 3. The van der Waals surface area contributed by atoms with Crippen LogP contribution in [0.2, 0.25) is 0 Å². The van der Waals surface area contributed by atoms with Crippen molar-refractivity contribution in [3.63, 3.8) is 0 Å². The van der Waals surface area contributed by atoms with Crippen molar-refractivity contribution >= 4 is 39.0 Å². The van der Waals surface area contributed by atoms with Crippen LogP contribution >= 0.6 is 0 Å². The van der Waals surface area contributed by atoms with E-state index in [9.17, 15) is 24.3 Å². The highest BCUT2D eigenvalue weighted by molar-refractivity contribution is 6.03. The van der Waals surface area contributed by atoms with E-state index in [2.05, 4.69) is 25.3 Å². The van der Waals surface area contributed by atoms with E-state index in [4.69, 9.17) is 4.74 Å². The number of benzene rings is 1. The van der Waals surface area contributed by atoms with Crippen molar-refractivity contribution in [2.75, 3.05) is 37.0 Å². The zero-order valence-corrected chi connectivity index (χ0v) is 21.5. The van der Waals surface area contributed by atoms with Crippen LogP contribution < -0.4 is 37.5 Å². The topological polar surface area (TPSA) is 178 Å². The average molecular weight is 552 g/mol. The summed E-state index contributed by atoms with van der Waals surface area (Å²) >= 11 is 0. The van der Waals surface area contributed by atoms with Gasteiger partial charge in [-0.25, -0.2) is 19.0 Å². The molecule has 1 atom stereocenters. The van der Waals surface area contributed by atoms with Crippen LogP contribution in [0.4, 0.5) is 21.5 Å². The predicted octanol–water partition coefficient (Wildman–Crippen LogP) is 1.05. The lowest BCUT2D eigenvalue weighted by Crippen LogP contribution is -2.32. The Hall–Kier alpha value is -4.46. The fourth-order valence-electron chi connectivity index (χ4n) is 6.23. The highest BCUT2D eigenvalue weighted by Gasteiger charge is 2.55. The first-order chi connectivity index (χ1) is 19.3. The largest absolute Gasteiger partial charge is 0.492 e. The van der Waals surface area contributed by atoms with E-state index in [1.165, 1.54) is 23.9 Å². The Kier molecular flexibility index (Phi) is 5.23. The van der Waals surface area contributed by atoms with Gasteiger partial charge in [0, 0.05) is 37.9 Å². The SMILES string of the molecule is COc1c(N2CC(CO)C3(CC3)C2)c(F)c(Nc2ccnc3[nH]c(=O)[nH]c(=O)c23)c2c(=O)[nH]c(=O)n(C3CC3)c12. The van der Waals surface area contributed by atoms with Gasteiger partial charge in [-0.15, -0.1) is 0 Å². The number of H-pyrrole nitrogens is 3. The Morgan fingerprint density at radius 1 is 1.15 bits per heavy atom. The third-order valence-electron chi connectivity index (χ3n) is 8.51. The monoisotopic (exact) mass is 551 g/mol. The van der Waals surface area contributed by atoms with Crippen LogP contribution in [0.5, 0.6) is 5.75 Å². The molecule has 2 aliphatic carbocycles. The number of aliphatic hydroxyl groups is 1. The molecule has 1 spiro atoms. The lowest BCUT2D eigenvalue weighted by atomic mass is 9.94. The summed E-state index contributed by atoms with van der Waals surface area (Å²) in [5.74, 6) is -0.812. The van der Waals surface area contributed by atoms with Gasteiger partial charge in [0.05, 0.1) is 23.9 Å². The summed E-state index contributed by atoms with van der Waals surface area (Å²) in [5.41, 5.74) is -3.05.